The van der Waals surface area contributed by atoms with Crippen molar-refractivity contribution >= 4 is 34.3 Å². The Morgan fingerprint density at radius 3 is 2.75 bits per heavy atom. The summed E-state index contributed by atoms with van der Waals surface area (Å²) >= 11 is 9.45. The molecule has 3 heterocycles. The van der Waals surface area contributed by atoms with E-state index in [1.54, 1.807) is 28.9 Å². The van der Waals surface area contributed by atoms with Crippen LogP contribution in [0.1, 0.15) is 21.6 Å². The molecule has 0 aromatic carbocycles. The van der Waals surface area contributed by atoms with Crippen LogP contribution < -0.4 is 5.32 Å². The van der Waals surface area contributed by atoms with Crippen LogP contribution in [0.5, 0.6) is 0 Å². The van der Waals surface area contributed by atoms with Crippen molar-refractivity contribution in [2.45, 2.75) is 12.5 Å². The molecule has 3 aromatic heterocycles. The van der Waals surface area contributed by atoms with Crippen LogP contribution >= 0.6 is 34.3 Å². The fraction of sp³-hybridized carbons (Fsp3) is 0.200. The van der Waals surface area contributed by atoms with Crippen molar-refractivity contribution in [2.75, 3.05) is 6.54 Å². The topological polar surface area (TPSA) is 25.2 Å². The predicted octanol–water partition coefficient (Wildman–Crippen LogP) is 4.98. The molecular weight excluding hydrogens is 310 g/mol. The summed E-state index contributed by atoms with van der Waals surface area (Å²) in [4.78, 5) is 2.56. The first-order valence-corrected chi connectivity index (χ1v) is 8.45. The third kappa shape index (κ3) is 3.33. The van der Waals surface area contributed by atoms with E-state index in [1.807, 2.05) is 18.2 Å². The maximum absolute atomic E-state index is 6.06. The quantitative estimate of drug-likeness (QED) is 0.692. The fourth-order valence-electron chi connectivity index (χ4n) is 2.07. The number of rotatable bonds is 6. The summed E-state index contributed by atoms with van der Waals surface area (Å²) in [6.07, 6.45) is 2.60. The zero-order chi connectivity index (χ0) is 13.8. The van der Waals surface area contributed by atoms with Crippen LogP contribution in [0.4, 0.5) is 0 Å². The van der Waals surface area contributed by atoms with Crippen molar-refractivity contribution in [3.63, 3.8) is 0 Å². The number of nitrogens with one attached hydrogen (secondary N) is 1. The van der Waals surface area contributed by atoms with Crippen LogP contribution in [0, 0.1) is 0 Å². The van der Waals surface area contributed by atoms with Crippen LogP contribution in [-0.2, 0) is 6.42 Å². The Bertz CT molecular complexity index is 631. The van der Waals surface area contributed by atoms with Gasteiger partial charge in [-0.05, 0) is 35.7 Å². The summed E-state index contributed by atoms with van der Waals surface area (Å²) in [5.41, 5.74) is 0. The molecule has 3 rings (SSSR count). The van der Waals surface area contributed by atoms with Crippen molar-refractivity contribution in [3.05, 3.63) is 67.9 Å². The van der Waals surface area contributed by atoms with Gasteiger partial charge in [-0.25, -0.2) is 0 Å². The monoisotopic (exact) mass is 323 g/mol. The average Bonchev–Trinajstić information content (AvgIpc) is 3.17. The molecule has 0 bridgehead atoms. The molecule has 0 saturated heterocycles. The van der Waals surface area contributed by atoms with E-state index < -0.39 is 0 Å². The zero-order valence-corrected chi connectivity index (χ0v) is 13.1. The van der Waals surface area contributed by atoms with Gasteiger partial charge < -0.3 is 9.73 Å². The average molecular weight is 324 g/mol. The first-order valence-electron chi connectivity index (χ1n) is 6.37. The van der Waals surface area contributed by atoms with Gasteiger partial charge in [0.15, 0.2) is 0 Å². The second kappa shape index (κ2) is 6.59. The molecule has 0 aliphatic carbocycles. The van der Waals surface area contributed by atoms with E-state index >= 15 is 0 Å². The largest absolute Gasteiger partial charge is 0.469 e. The molecule has 0 radical (unpaired) electrons. The SMILES string of the molecule is Clc1ccc(C(NCCc2ccco2)c2cccs2)s1. The Kier molecular flexibility index (Phi) is 4.58. The van der Waals surface area contributed by atoms with E-state index in [2.05, 4.69) is 28.9 Å². The van der Waals surface area contributed by atoms with Gasteiger partial charge in [-0.2, -0.15) is 0 Å². The molecule has 3 aromatic rings. The molecule has 104 valence electrons. The summed E-state index contributed by atoms with van der Waals surface area (Å²) < 4.78 is 6.19. The summed E-state index contributed by atoms with van der Waals surface area (Å²) in [7, 11) is 0. The number of halogens is 1. The van der Waals surface area contributed by atoms with Gasteiger partial charge in [-0.1, -0.05) is 17.7 Å². The molecule has 20 heavy (non-hydrogen) atoms. The highest BCUT2D eigenvalue weighted by Crippen LogP contribution is 2.32. The maximum atomic E-state index is 6.06. The molecule has 2 nitrogen and oxygen atoms in total. The molecule has 0 spiro atoms. The first-order chi connectivity index (χ1) is 9.83. The molecule has 0 saturated carbocycles. The highest BCUT2D eigenvalue weighted by Gasteiger charge is 2.16. The number of hydrogen-bond acceptors (Lipinski definition) is 4. The van der Waals surface area contributed by atoms with Crippen molar-refractivity contribution < 1.29 is 4.42 Å². The highest BCUT2D eigenvalue weighted by atomic mass is 35.5. The summed E-state index contributed by atoms with van der Waals surface area (Å²) in [6, 6.07) is 12.4. The Hall–Kier alpha value is -1.07. The second-order valence-electron chi connectivity index (χ2n) is 4.37. The van der Waals surface area contributed by atoms with Crippen LogP contribution in [0.3, 0.4) is 0 Å². The molecule has 5 heteroatoms. The zero-order valence-electron chi connectivity index (χ0n) is 10.7. The fourth-order valence-corrected chi connectivity index (χ4v) is 4.12. The van der Waals surface area contributed by atoms with E-state index in [4.69, 9.17) is 16.0 Å². The number of hydrogen-bond donors (Lipinski definition) is 1. The van der Waals surface area contributed by atoms with E-state index in [1.165, 1.54) is 9.75 Å². The van der Waals surface area contributed by atoms with Gasteiger partial charge in [-0.15, -0.1) is 22.7 Å². The van der Waals surface area contributed by atoms with Crippen LogP contribution in [-0.4, -0.2) is 6.54 Å². The lowest BCUT2D eigenvalue weighted by atomic mass is 10.2. The van der Waals surface area contributed by atoms with E-state index in [0.29, 0.717) is 0 Å². The summed E-state index contributed by atoms with van der Waals surface area (Å²) in [6.45, 7) is 0.867. The maximum Gasteiger partial charge on any atom is 0.105 e. The molecule has 1 atom stereocenters. The molecule has 0 amide bonds. The Balaban J connectivity index is 1.70. The smallest absolute Gasteiger partial charge is 0.105 e. The Morgan fingerprint density at radius 1 is 1.15 bits per heavy atom. The highest BCUT2D eigenvalue weighted by molar-refractivity contribution is 7.16. The molecule has 1 unspecified atom stereocenters. The third-order valence-electron chi connectivity index (χ3n) is 3.01. The standard InChI is InChI=1S/C15H14ClNOS2/c16-14-6-5-13(20-14)15(12-4-2-10-19-12)17-8-7-11-3-1-9-18-11/h1-6,9-10,15,17H,7-8H2. The van der Waals surface area contributed by atoms with Gasteiger partial charge in [0, 0.05) is 22.7 Å². The minimum atomic E-state index is 0.211. The van der Waals surface area contributed by atoms with Crippen molar-refractivity contribution in [3.8, 4) is 0 Å². The summed E-state index contributed by atoms with van der Waals surface area (Å²) in [5.74, 6) is 1.01. The first kappa shape index (κ1) is 13.9. The van der Waals surface area contributed by atoms with Crippen LogP contribution in [0.25, 0.3) is 0 Å². The van der Waals surface area contributed by atoms with E-state index in [0.717, 1.165) is 23.1 Å². The lowest BCUT2D eigenvalue weighted by Gasteiger charge is -2.15. The molecule has 0 fully saturated rings. The van der Waals surface area contributed by atoms with Crippen LogP contribution in [0.15, 0.2) is 52.5 Å². The van der Waals surface area contributed by atoms with Gasteiger partial charge in [0.05, 0.1) is 16.6 Å². The predicted molar refractivity (Wildman–Crippen MR) is 85.9 cm³/mol. The number of thiophene rings is 2. The van der Waals surface area contributed by atoms with E-state index in [9.17, 15) is 0 Å². The van der Waals surface area contributed by atoms with Crippen molar-refractivity contribution in [2.24, 2.45) is 0 Å². The third-order valence-corrected chi connectivity index (χ3v) is 5.24. The van der Waals surface area contributed by atoms with Crippen molar-refractivity contribution in [1.82, 2.24) is 5.32 Å². The Morgan fingerprint density at radius 2 is 2.10 bits per heavy atom. The second-order valence-corrected chi connectivity index (χ2v) is 7.10. The van der Waals surface area contributed by atoms with E-state index in [-0.39, 0.29) is 6.04 Å². The lowest BCUT2D eigenvalue weighted by molar-refractivity contribution is 0.493. The van der Waals surface area contributed by atoms with Gasteiger partial charge in [0.25, 0.3) is 0 Å². The van der Waals surface area contributed by atoms with Gasteiger partial charge >= 0.3 is 0 Å². The van der Waals surface area contributed by atoms with Gasteiger partial charge in [0.1, 0.15) is 5.76 Å². The summed E-state index contributed by atoms with van der Waals surface area (Å²) in [5, 5.41) is 5.70. The Labute approximate surface area is 131 Å². The number of furan rings is 1. The van der Waals surface area contributed by atoms with Gasteiger partial charge in [0.2, 0.25) is 0 Å². The van der Waals surface area contributed by atoms with Gasteiger partial charge in [-0.3, -0.25) is 0 Å². The molecular formula is C15H14ClNOS2. The molecule has 0 aliphatic heterocycles. The minimum absolute atomic E-state index is 0.211. The lowest BCUT2D eigenvalue weighted by Crippen LogP contribution is -2.23. The molecule has 1 N–H and O–H groups in total. The minimum Gasteiger partial charge on any atom is -0.469 e. The normalized spacial score (nSPS) is 12.7. The van der Waals surface area contributed by atoms with Crippen LogP contribution in [0.2, 0.25) is 4.34 Å². The molecule has 0 aliphatic rings. The van der Waals surface area contributed by atoms with Crippen molar-refractivity contribution in [1.29, 1.82) is 0 Å².